The molecule has 508 valence electrons. The molecule has 0 spiro atoms. The molecule has 0 aliphatic heterocycles. The van der Waals surface area contributed by atoms with Crippen LogP contribution in [-0.4, -0.2) is 36.4 Å². The molecular weight excluding hydrogens is 1100 g/mol. The van der Waals surface area contributed by atoms with E-state index in [0.717, 1.165) is 148 Å². The maximum Gasteiger partial charge on any atom is 0.306 e. The quantitative estimate of drug-likeness (QED) is 0.0373. The second-order valence-corrected chi connectivity index (χ2v) is 24.3. The smallest absolute Gasteiger partial charge is 0.306 e. The lowest BCUT2D eigenvalue weighted by Gasteiger charge is -2.15. The zero-order valence-corrected chi connectivity index (χ0v) is 58.3. The lowest BCUT2D eigenvalue weighted by atomic mass is 10.0. The Hall–Kier alpha value is -5.00. The van der Waals surface area contributed by atoms with Gasteiger partial charge in [0, 0.05) is 12.8 Å². The van der Waals surface area contributed by atoms with Gasteiger partial charge in [0.2, 0.25) is 0 Å². The first-order valence-corrected chi connectivity index (χ1v) is 37.3. The molecule has 5 nitrogen and oxygen atoms in total. The van der Waals surface area contributed by atoms with Gasteiger partial charge in [-0.3, -0.25) is 9.59 Å². The van der Waals surface area contributed by atoms with Gasteiger partial charge >= 0.3 is 11.9 Å². The third-order valence-electron chi connectivity index (χ3n) is 15.7. The van der Waals surface area contributed by atoms with Crippen LogP contribution in [0.1, 0.15) is 322 Å². The van der Waals surface area contributed by atoms with E-state index in [1.807, 2.05) is 0 Å². The van der Waals surface area contributed by atoms with Crippen molar-refractivity contribution in [2.45, 2.75) is 328 Å². The van der Waals surface area contributed by atoms with Crippen LogP contribution in [0.5, 0.6) is 0 Å². The molecule has 0 amide bonds. The van der Waals surface area contributed by atoms with Gasteiger partial charge in [0.15, 0.2) is 6.10 Å². The molecule has 0 saturated carbocycles. The topological polar surface area (TPSA) is 72.8 Å². The standard InChI is InChI=1S/C85H138O5/c1-3-5-7-9-11-13-15-17-19-21-23-25-27-29-31-33-35-37-39-40-41-42-43-44-46-47-49-51-53-55-57-59-61-63-65-67-69-71-73-75-77-79-84(87)89-82-83(81-86)90-85(88)80-78-76-74-72-70-68-66-64-62-60-58-56-54-52-50-48-45-38-36-34-32-30-28-26-24-22-20-18-16-14-12-10-8-6-4-2/h5-8,11-14,17-20,23-26,29-32,36,38,48,50,54,56,60,62,66,68,83,86H,3-4,9-10,15-16,21-22,27-28,33-35,37,39-47,49,51-53,55,57-59,61,63-65,67,69-82H2,1-2H3/b7-5-,8-6-,13-11-,14-12-,19-17-,20-18-,25-23-,26-24-,31-29-,32-30-,38-36-,50-48-,56-54-,62-60-,68-66-. The highest BCUT2D eigenvalue weighted by atomic mass is 16.6. The molecule has 5 heteroatoms. The van der Waals surface area contributed by atoms with Gasteiger partial charge in [-0.05, 0) is 135 Å². The zero-order valence-electron chi connectivity index (χ0n) is 58.3. The number of aliphatic hydroxyl groups excluding tert-OH is 1. The number of hydrogen-bond acceptors (Lipinski definition) is 5. The van der Waals surface area contributed by atoms with Crippen molar-refractivity contribution in [3.63, 3.8) is 0 Å². The summed E-state index contributed by atoms with van der Waals surface area (Å²) >= 11 is 0. The number of ether oxygens (including phenoxy) is 2. The lowest BCUT2D eigenvalue weighted by molar-refractivity contribution is -0.161. The van der Waals surface area contributed by atoms with Crippen molar-refractivity contribution in [2.75, 3.05) is 13.2 Å². The summed E-state index contributed by atoms with van der Waals surface area (Å²) in [5.41, 5.74) is 0. The van der Waals surface area contributed by atoms with E-state index in [0.29, 0.717) is 12.8 Å². The second-order valence-electron chi connectivity index (χ2n) is 24.3. The average molecular weight is 1240 g/mol. The molecule has 0 aromatic heterocycles. The molecule has 0 saturated heterocycles. The molecule has 0 bridgehead atoms. The number of hydrogen-bond donors (Lipinski definition) is 1. The monoisotopic (exact) mass is 1240 g/mol. The highest BCUT2D eigenvalue weighted by Crippen LogP contribution is 2.17. The first kappa shape index (κ1) is 85.0. The molecule has 0 radical (unpaired) electrons. The maximum absolute atomic E-state index is 12.4. The summed E-state index contributed by atoms with van der Waals surface area (Å²) in [5.74, 6) is -0.620. The molecule has 0 aromatic carbocycles. The van der Waals surface area contributed by atoms with Gasteiger partial charge in [0.05, 0.1) is 6.61 Å². The van der Waals surface area contributed by atoms with Gasteiger partial charge in [-0.15, -0.1) is 0 Å². The normalized spacial score (nSPS) is 13.3. The van der Waals surface area contributed by atoms with E-state index < -0.39 is 6.10 Å². The molecule has 0 aromatic rings. The van der Waals surface area contributed by atoms with Crippen LogP contribution in [0.3, 0.4) is 0 Å². The molecule has 90 heavy (non-hydrogen) atoms. The van der Waals surface area contributed by atoms with E-state index in [1.54, 1.807) is 0 Å². The maximum atomic E-state index is 12.4. The van der Waals surface area contributed by atoms with E-state index in [2.05, 4.69) is 196 Å². The third-order valence-corrected chi connectivity index (χ3v) is 15.7. The summed E-state index contributed by atoms with van der Waals surface area (Å²) in [4.78, 5) is 24.7. The van der Waals surface area contributed by atoms with E-state index in [9.17, 15) is 14.7 Å². The Morgan fingerprint density at radius 2 is 0.444 bits per heavy atom. The summed E-state index contributed by atoms with van der Waals surface area (Å²) in [7, 11) is 0. The molecule has 0 aliphatic carbocycles. The highest BCUT2D eigenvalue weighted by molar-refractivity contribution is 5.70. The van der Waals surface area contributed by atoms with Gasteiger partial charge in [-0.2, -0.15) is 0 Å². The third kappa shape index (κ3) is 75.5. The van der Waals surface area contributed by atoms with Gasteiger partial charge in [-0.25, -0.2) is 0 Å². The molecule has 1 N–H and O–H groups in total. The van der Waals surface area contributed by atoms with Gasteiger partial charge in [-0.1, -0.05) is 357 Å². The molecule has 1 unspecified atom stereocenters. The summed E-state index contributed by atoms with van der Waals surface area (Å²) in [6, 6.07) is 0. The van der Waals surface area contributed by atoms with Gasteiger partial charge in [0.25, 0.3) is 0 Å². The minimum Gasteiger partial charge on any atom is -0.462 e. The van der Waals surface area contributed by atoms with Crippen LogP contribution in [0.2, 0.25) is 0 Å². The minimum atomic E-state index is -0.799. The first-order chi connectivity index (χ1) is 44.6. The Bertz CT molecular complexity index is 1990. The number of aliphatic hydroxyl groups is 1. The summed E-state index contributed by atoms with van der Waals surface area (Å²) in [6.07, 6.45) is 122. The van der Waals surface area contributed by atoms with Crippen molar-refractivity contribution >= 4 is 11.9 Å². The molecule has 0 rings (SSSR count). The fourth-order valence-electron chi connectivity index (χ4n) is 10.2. The number of unbranched alkanes of at least 4 members (excludes halogenated alkanes) is 29. The molecule has 1 atom stereocenters. The van der Waals surface area contributed by atoms with E-state index in [-0.39, 0.29) is 25.2 Å². The predicted molar refractivity (Wildman–Crippen MR) is 398 cm³/mol. The van der Waals surface area contributed by atoms with Crippen molar-refractivity contribution in [3.8, 4) is 0 Å². The predicted octanol–water partition coefficient (Wildman–Crippen LogP) is 26.5. The molecular formula is C85H138O5. The largest absolute Gasteiger partial charge is 0.462 e. The summed E-state index contributed by atoms with van der Waals surface area (Å²) in [5, 5.41) is 9.71. The number of carbonyl (C=O) groups is 2. The number of allylic oxidation sites excluding steroid dienone is 30. The number of carbonyl (C=O) groups excluding carboxylic acids is 2. The Balaban J connectivity index is 3.53. The molecule has 0 fully saturated rings. The van der Waals surface area contributed by atoms with E-state index in [4.69, 9.17) is 9.47 Å². The second kappa shape index (κ2) is 78.2. The van der Waals surface area contributed by atoms with Crippen LogP contribution in [-0.2, 0) is 19.1 Å². The Labute approximate surface area is 556 Å². The van der Waals surface area contributed by atoms with Crippen molar-refractivity contribution in [3.05, 3.63) is 182 Å². The molecule has 0 heterocycles. The fraction of sp³-hybridized carbons (Fsp3) is 0.624. The summed E-state index contributed by atoms with van der Waals surface area (Å²) in [6.45, 7) is 3.90. The van der Waals surface area contributed by atoms with Crippen LogP contribution in [0.15, 0.2) is 182 Å². The minimum absolute atomic E-state index is 0.0836. The van der Waals surface area contributed by atoms with E-state index >= 15 is 0 Å². The van der Waals surface area contributed by atoms with Gasteiger partial charge < -0.3 is 14.6 Å². The zero-order chi connectivity index (χ0) is 64.7. The molecule has 0 aliphatic rings. The van der Waals surface area contributed by atoms with E-state index in [1.165, 1.54) is 148 Å². The SMILES string of the molecule is CC/C=C\C/C=C\C/C=C\C/C=C\C/C=C\C/C=C\C/C=C\C/C=C\C/C=C\C/C=C\CCCCCCC(=O)OC(CO)COC(=O)CCCCCCCCCCCCCCCCCCCCCCCCCCC/C=C\C/C=C\C/C=C\C/C=C\C/C=C\CC. The van der Waals surface area contributed by atoms with Crippen LogP contribution in [0.25, 0.3) is 0 Å². The van der Waals surface area contributed by atoms with Crippen molar-refractivity contribution < 1.29 is 24.2 Å². The fourth-order valence-corrected chi connectivity index (χ4v) is 10.2. The van der Waals surface area contributed by atoms with Crippen LogP contribution in [0, 0.1) is 0 Å². The number of esters is 2. The Kier molecular flexibility index (Phi) is 73.9. The Morgan fingerprint density at radius 3 is 0.667 bits per heavy atom. The summed E-state index contributed by atoms with van der Waals surface area (Å²) < 4.78 is 10.7. The highest BCUT2D eigenvalue weighted by Gasteiger charge is 2.16. The van der Waals surface area contributed by atoms with Crippen molar-refractivity contribution in [1.29, 1.82) is 0 Å². The van der Waals surface area contributed by atoms with Gasteiger partial charge in [0.1, 0.15) is 6.61 Å². The van der Waals surface area contributed by atoms with Crippen LogP contribution in [0.4, 0.5) is 0 Å². The lowest BCUT2D eigenvalue weighted by Crippen LogP contribution is -2.28. The Morgan fingerprint density at radius 1 is 0.256 bits per heavy atom. The van der Waals surface area contributed by atoms with Crippen LogP contribution >= 0.6 is 0 Å². The van der Waals surface area contributed by atoms with Crippen LogP contribution < -0.4 is 0 Å². The van der Waals surface area contributed by atoms with Crippen molar-refractivity contribution in [2.24, 2.45) is 0 Å². The number of rotatable bonds is 67. The van der Waals surface area contributed by atoms with Crippen molar-refractivity contribution in [1.82, 2.24) is 0 Å². The average Bonchev–Trinajstić information content (AvgIpc) is 3.58. The first-order valence-electron chi connectivity index (χ1n) is 37.3.